The van der Waals surface area contributed by atoms with E-state index in [1.54, 1.807) is 26.0 Å². The number of unbranched alkanes of at least 4 members (excludes halogenated alkanes) is 4. The van der Waals surface area contributed by atoms with E-state index < -0.39 is 50.3 Å². The van der Waals surface area contributed by atoms with Crippen molar-refractivity contribution < 1.29 is 45.5 Å². The zero-order chi connectivity index (χ0) is 34.6. The Balaban J connectivity index is 1.33. The van der Waals surface area contributed by atoms with E-state index in [4.69, 9.17) is 30.6 Å². The summed E-state index contributed by atoms with van der Waals surface area (Å²) >= 11 is 6.11. The standard InChI is InChI=1S/C32H38ClF2N3O8S/c1-20(38-21(2)31(40)22-13-23(34)15-24(35)14-22)19-46-30(39)10-6-4-3-5-7-11-45-32(41)26-16-29(47(36,42)43)27(33)17-28(26)37-18-25-9-8-12-44-25/h8-9,12-17,20-21,37-38H,3-7,10-11,18-19H2,1-2H3,(H2,36,42,43)/t20-,21+/m0/s1. The molecule has 256 valence electrons. The van der Waals surface area contributed by atoms with Gasteiger partial charge >= 0.3 is 11.9 Å². The zero-order valence-corrected chi connectivity index (χ0v) is 27.6. The molecule has 3 rings (SSSR count). The number of nitrogens with two attached hydrogens (primary N) is 1. The number of carbonyl (C=O) groups is 3. The van der Waals surface area contributed by atoms with Gasteiger partial charge in [0.05, 0.1) is 41.7 Å². The van der Waals surface area contributed by atoms with Gasteiger partial charge in [-0.05, 0) is 63.1 Å². The monoisotopic (exact) mass is 697 g/mol. The van der Waals surface area contributed by atoms with Gasteiger partial charge in [-0.1, -0.05) is 30.9 Å². The molecular weight excluding hydrogens is 660 g/mol. The molecule has 0 saturated carbocycles. The van der Waals surface area contributed by atoms with Crippen LogP contribution in [0, 0.1) is 11.6 Å². The summed E-state index contributed by atoms with van der Waals surface area (Å²) in [5, 5.41) is 11.1. The molecule has 0 unspecified atom stereocenters. The number of nitrogens with one attached hydrogen (secondary N) is 2. The molecule has 47 heavy (non-hydrogen) atoms. The summed E-state index contributed by atoms with van der Waals surface area (Å²) in [6, 6.07) is 7.30. The number of benzene rings is 2. The van der Waals surface area contributed by atoms with Gasteiger partial charge in [0.2, 0.25) is 10.0 Å². The summed E-state index contributed by atoms with van der Waals surface area (Å²) in [5.74, 6) is -2.73. The number of esters is 2. The number of halogens is 3. The lowest BCUT2D eigenvalue weighted by Gasteiger charge is -2.19. The summed E-state index contributed by atoms with van der Waals surface area (Å²) in [4.78, 5) is 37.0. The van der Waals surface area contributed by atoms with Gasteiger partial charge in [0.1, 0.15) is 28.9 Å². The number of Topliss-reactive ketones (excluding diaryl/α,β-unsaturated/α-hetero) is 1. The molecule has 0 spiro atoms. The van der Waals surface area contributed by atoms with Crippen LogP contribution in [0.2, 0.25) is 5.02 Å². The number of ether oxygens (including phenoxy) is 2. The van der Waals surface area contributed by atoms with Gasteiger partial charge in [-0.3, -0.25) is 9.59 Å². The van der Waals surface area contributed by atoms with E-state index >= 15 is 0 Å². The quantitative estimate of drug-likeness (QED) is 0.0796. The summed E-state index contributed by atoms with van der Waals surface area (Å²) in [7, 11) is -4.19. The predicted molar refractivity (Wildman–Crippen MR) is 171 cm³/mol. The molecule has 15 heteroatoms. The van der Waals surface area contributed by atoms with E-state index in [9.17, 15) is 31.6 Å². The molecule has 1 heterocycles. The Kier molecular flexibility index (Phi) is 14.3. The third kappa shape index (κ3) is 12.4. The average molecular weight is 698 g/mol. The van der Waals surface area contributed by atoms with Crippen molar-refractivity contribution in [1.82, 2.24) is 5.32 Å². The van der Waals surface area contributed by atoms with Gasteiger partial charge in [-0.15, -0.1) is 0 Å². The maximum Gasteiger partial charge on any atom is 0.340 e. The molecule has 0 aliphatic heterocycles. The Bertz CT molecular complexity index is 1620. The first-order valence-corrected chi connectivity index (χ1v) is 16.9. The molecule has 0 amide bonds. The van der Waals surface area contributed by atoms with E-state index in [0.717, 1.165) is 37.5 Å². The highest BCUT2D eigenvalue weighted by Crippen LogP contribution is 2.29. The van der Waals surface area contributed by atoms with Gasteiger partial charge in [0.15, 0.2) is 5.78 Å². The van der Waals surface area contributed by atoms with E-state index in [0.29, 0.717) is 24.7 Å². The molecular formula is C32H38ClF2N3O8S. The number of carbonyl (C=O) groups excluding carboxylic acids is 3. The largest absolute Gasteiger partial charge is 0.467 e. The van der Waals surface area contributed by atoms with Gasteiger partial charge in [0, 0.05) is 24.1 Å². The Labute approximate surface area is 277 Å². The lowest BCUT2D eigenvalue weighted by Crippen LogP contribution is -2.42. The van der Waals surface area contributed by atoms with Crippen LogP contribution in [-0.2, 0) is 30.8 Å². The highest BCUT2D eigenvalue weighted by atomic mass is 35.5. The number of rotatable bonds is 19. The highest BCUT2D eigenvalue weighted by molar-refractivity contribution is 7.89. The molecule has 0 saturated heterocycles. The Morgan fingerprint density at radius 3 is 2.32 bits per heavy atom. The van der Waals surface area contributed by atoms with Crippen LogP contribution in [0.5, 0.6) is 0 Å². The zero-order valence-electron chi connectivity index (χ0n) is 26.0. The first-order valence-electron chi connectivity index (χ1n) is 15.0. The second-order valence-corrected chi connectivity index (χ2v) is 12.9. The predicted octanol–water partition coefficient (Wildman–Crippen LogP) is 5.76. The molecule has 1 aromatic heterocycles. The second-order valence-electron chi connectivity index (χ2n) is 11.0. The number of hydrogen-bond donors (Lipinski definition) is 3. The number of hydrogen-bond acceptors (Lipinski definition) is 10. The van der Waals surface area contributed by atoms with Crippen LogP contribution in [0.1, 0.15) is 78.8 Å². The first kappa shape index (κ1) is 37.6. The number of anilines is 1. The summed E-state index contributed by atoms with van der Waals surface area (Å²) in [6.07, 6.45) is 5.06. The van der Waals surface area contributed by atoms with E-state index in [1.165, 1.54) is 12.3 Å². The molecule has 0 bridgehead atoms. The van der Waals surface area contributed by atoms with Gasteiger partial charge < -0.3 is 24.5 Å². The third-order valence-electron chi connectivity index (χ3n) is 6.96. The summed E-state index contributed by atoms with van der Waals surface area (Å²) in [6.45, 7) is 3.60. The van der Waals surface area contributed by atoms with Gasteiger partial charge in [0.25, 0.3) is 0 Å². The first-order chi connectivity index (χ1) is 22.2. The molecule has 0 aliphatic rings. The van der Waals surface area contributed by atoms with Gasteiger partial charge in [-0.2, -0.15) is 0 Å². The number of ketones is 1. The van der Waals surface area contributed by atoms with Crippen molar-refractivity contribution in [2.45, 2.75) is 75.9 Å². The Hall–Kier alpha value is -3.85. The third-order valence-corrected chi connectivity index (χ3v) is 8.33. The van der Waals surface area contributed by atoms with Crippen molar-refractivity contribution in [3.8, 4) is 0 Å². The minimum Gasteiger partial charge on any atom is -0.467 e. The van der Waals surface area contributed by atoms with Crippen LogP contribution in [0.4, 0.5) is 14.5 Å². The number of sulfonamides is 1. The molecule has 3 aromatic rings. The number of furan rings is 1. The summed E-state index contributed by atoms with van der Waals surface area (Å²) in [5.41, 5.74) is 0.120. The maximum absolute atomic E-state index is 13.4. The van der Waals surface area contributed by atoms with Crippen molar-refractivity contribution in [3.63, 3.8) is 0 Å². The SMILES string of the molecule is C[C@@H](COC(=O)CCCCCCCOC(=O)c1cc(S(N)(=O)=O)c(Cl)cc1NCc1ccco1)N[C@H](C)C(=O)c1cc(F)cc(F)c1. The minimum atomic E-state index is -4.19. The van der Waals surface area contributed by atoms with Crippen LogP contribution < -0.4 is 15.8 Å². The van der Waals surface area contributed by atoms with Crippen LogP contribution in [0.3, 0.4) is 0 Å². The van der Waals surface area contributed by atoms with Crippen LogP contribution >= 0.6 is 11.6 Å². The van der Waals surface area contributed by atoms with Crippen LogP contribution in [-0.4, -0.2) is 51.4 Å². The number of primary sulfonamides is 1. The molecule has 2 aromatic carbocycles. The van der Waals surface area contributed by atoms with Crippen molar-refractivity contribution in [2.75, 3.05) is 18.5 Å². The average Bonchev–Trinajstić information content (AvgIpc) is 3.52. The Morgan fingerprint density at radius 2 is 1.66 bits per heavy atom. The fourth-order valence-electron chi connectivity index (χ4n) is 4.61. The van der Waals surface area contributed by atoms with Crippen molar-refractivity contribution in [2.24, 2.45) is 5.14 Å². The fraction of sp³-hybridized carbons (Fsp3) is 0.406. The normalized spacial score (nSPS) is 12.7. The minimum absolute atomic E-state index is 0.0196. The van der Waals surface area contributed by atoms with Crippen molar-refractivity contribution >= 4 is 45.0 Å². The van der Waals surface area contributed by atoms with Gasteiger partial charge in [-0.25, -0.2) is 27.1 Å². The molecule has 11 nitrogen and oxygen atoms in total. The molecule has 0 radical (unpaired) electrons. The smallest absolute Gasteiger partial charge is 0.340 e. The molecule has 4 N–H and O–H groups in total. The molecule has 0 aliphatic carbocycles. The molecule has 0 fully saturated rings. The van der Waals surface area contributed by atoms with E-state index in [2.05, 4.69) is 10.6 Å². The lowest BCUT2D eigenvalue weighted by atomic mass is 10.0. The van der Waals surface area contributed by atoms with E-state index in [1.807, 2.05) is 0 Å². The van der Waals surface area contributed by atoms with Crippen LogP contribution in [0.15, 0.2) is 58.0 Å². The van der Waals surface area contributed by atoms with E-state index in [-0.39, 0.29) is 54.1 Å². The lowest BCUT2D eigenvalue weighted by molar-refractivity contribution is -0.144. The second kappa shape index (κ2) is 17.9. The Morgan fingerprint density at radius 1 is 0.979 bits per heavy atom. The fourth-order valence-corrected chi connectivity index (χ4v) is 5.71. The van der Waals surface area contributed by atoms with Crippen molar-refractivity contribution in [3.05, 3.63) is 82.3 Å². The topological polar surface area (TPSA) is 167 Å². The van der Waals surface area contributed by atoms with Crippen LogP contribution in [0.25, 0.3) is 0 Å². The van der Waals surface area contributed by atoms with Crippen molar-refractivity contribution in [1.29, 1.82) is 0 Å². The highest BCUT2D eigenvalue weighted by Gasteiger charge is 2.22. The molecule has 2 atom stereocenters. The maximum atomic E-state index is 13.4. The summed E-state index contributed by atoms with van der Waals surface area (Å²) < 4.78 is 66.7.